The van der Waals surface area contributed by atoms with Crippen LogP contribution in [0.25, 0.3) is 0 Å². The van der Waals surface area contributed by atoms with Gasteiger partial charge in [0.05, 0.1) is 5.69 Å². The molecule has 5 nitrogen and oxygen atoms in total. The molecule has 1 aromatic carbocycles. The molecular formula is C14H13N3O2S2. The number of sulfonamides is 1. The molecule has 0 atom stereocenters. The molecular weight excluding hydrogens is 306 g/mol. The molecule has 0 fully saturated rings. The molecule has 0 saturated heterocycles. The van der Waals surface area contributed by atoms with E-state index in [0.717, 1.165) is 29.7 Å². The monoisotopic (exact) mass is 319 g/mol. The van der Waals surface area contributed by atoms with E-state index in [1.165, 1.54) is 16.4 Å². The zero-order valence-electron chi connectivity index (χ0n) is 11.1. The van der Waals surface area contributed by atoms with Gasteiger partial charge in [-0.1, -0.05) is 0 Å². The Morgan fingerprint density at radius 3 is 2.81 bits per heavy atom. The van der Waals surface area contributed by atoms with E-state index in [0.29, 0.717) is 22.8 Å². The van der Waals surface area contributed by atoms with Gasteiger partial charge >= 0.3 is 0 Å². The molecule has 0 spiro atoms. The number of nitrogen functional groups attached to an aromatic ring is 1. The average Bonchev–Trinajstić information content (AvgIpc) is 2.96. The van der Waals surface area contributed by atoms with Crippen LogP contribution in [0.2, 0.25) is 0 Å². The van der Waals surface area contributed by atoms with Crippen LogP contribution in [0, 0.1) is 11.3 Å². The lowest BCUT2D eigenvalue weighted by Crippen LogP contribution is -2.35. The molecule has 1 aliphatic rings. The van der Waals surface area contributed by atoms with Gasteiger partial charge in [0.1, 0.15) is 15.2 Å². The second kappa shape index (κ2) is 5.06. The van der Waals surface area contributed by atoms with Gasteiger partial charge in [0.2, 0.25) is 0 Å². The summed E-state index contributed by atoms with van der Waals surface area (Å²) in [6, 6.07) is 10.3. The second-order valence-electron chi connectivity index (χ2n) is 4.80. The minimum Gasteiger partial charge on any atom is -0.399 e. The lowest BCUT2D eigenvalue weighted by molar-refractivity contribution is 0.588. The van der Waals surface area contributed by atoms with Gasteiger partial charge in [-0.2, -0.15) is 5.26 Å². The van der Waals surface area contributed by atoms with E-state index < -0.39 is 10.0 Å². The smallest absolute Gasteiger partial charge is 0.273 e. The Balaban J connectivity index is 2.07. The number of aryl methyl sites for hydroxylation is 1. The third kappa shape index (κ3) is 2.37. The zero-order chi connectivity index (χ0) is 15.0. The van der Waals surface area contributed by atoms with Crippen molar-refractivity contribution < 1.29 is 8.42 Å². The highest BCUT2D eigenvalue weighted by molar-refractivity contribution is 7.94. The summed E-state index contributed by atoms with van der Waals surface area (Å²) in [6.45, 7) is 0.443. The molecule has 2 heterocycles. The third-order valence-electron chi connectivity index (χ3n) is 3.42. The van der Waals surface area contributed by atoms with Crippen molar-refractivity contribution in [1.82, 2.24) is 0 Å². The lowest BCUT2D eigenvalue weighted by atomic mass is 10.0. The highest BCUT2D eigenvalue weighted by Gasteiger charge is 2.30. The molecule has 0 saturated carbocycles. The first kappa shape index (κ1) is 13.9. The van der Waals surface area contributed by atoms with Crippen LogP contribution in [0.5, 0.6) is 0 Å². The van der Waals surface area contributed by atoms with Gasteiger partial charge in [-0.15, -0.1) is 11.3 Å². The van der Waals surface area contributed by atoms with Crippen molar-refractivity contribution in [2.75, 3.05) is 16.6 Å². The molecule has 7 heteroatoms. The zero-order valence-corrected chi connectivity index (χ0v) is 12.7. The Labute approximate surface area is 127 Å². The molecule has 0 aliphatic carbocycles. The van der Waals surface area contributed by atoms with Gasteiger partial charge in [0.25, 0.3) is 10.0 Å². The van der Waals surface area contributed by atoms with Crippen LogP contribution in [0.3, 0.4) is 0 Å². The van der Waals surface area contributed by atoms with Crippen LogP contribution in [-0.2, 0) is 16.4 Å². The van der Waals surface area contributed by atoms with Gasteiger partial charge in [-0.25, -0.2) is 8.42 Å². The maximum atomic E-state index is 12.8. The number of nitrogens with zero attached hydrogens (tertiary/aromatic N) is 2. The summed E-state index contributed by atoms with van der Waals surface area (Å²) in [4.78, 5) is 0.392. The molecule has 0 unspecified atom stereocenters. The van der Waals surface area contributed by atoms with Crippen LogP contribution >= 0.6 is 11.3 Å². The van der Waals surface area contributed by atoms with Crippen molar-refractivity contribution in [2.24, 2.45) is 0 Å². The predicted molar refractivity (Wildman–Crippen MR) is 82.7 cm³/mol. The maximum absolute atomic E-state index is 12.8. The Morgan fingerprint density at radius 1 is 1.29 bits per heavy atom. The van der Waals surface area contributed by atoms with Crippen LogP contribution in [-0.4, -0.2) is 15.0 Å². The largest absolute Gasteiger partial charge is 0.399 e. The van der Waals surface area contributed by atoms with Crippen molar-refractivity contribution >= 4 is 32.7 Å². The van der Waals surface area contributed by atoms with E-state index in [1.54, 1.807) is 12.1 Å². The van der Waals surface area contributed by atoms with E-state index in [4.69, 9.17) is 11.0 Å². The molecule has 2 N–H and O–H groups in total. The topological polar surface area (TPSA) is 87.2 Å². The molecule has 3 rings (SSSR count). The summed E-state index contributed by atoms with van der Waals surface area (Å²) in [7, 11) is -3.62. The Hall–Kier alpha value is -2.04. The quantitative estimate of drug-likeness (QED) is 0.861. The number of thiophene rings is 1. The van der Waals surface area contributed by atoms with E-state index >= 15 is 0 Å². The third-order valence-corrected chi connectivity index (χ3v) is 6.69. The van der Waals surface area contributed by atoms with Crippen LogP contribution in [0.15, 0.2) is 34.5 Å². The fraction of sp³-hybridized carbons (Fsp3) is 0.214. The fourth-order valence-corrected chi connectivity index (χ4v) is 5.22. The number of fused-ring (bicyclic) bond motifs is 1. The summed E-state index contributed by atoms with van der Waals surface area (Å²) >= 11 is 0.996. The first-order valence-electron chi connectivity index (χ1n) is 6.43. The maximum Gasteiger partial charge on any atom is 0.273 e. The standard InChI is InChI=1S/C14H13N3O2S2/c15-9-12-4-6-14(20-12)21(18,19)17-7-1-2-10-8-11(16)3-5-13(10)17/h3-6,8H,1-2,7,16H2. The Bertz CT molecular complexity index is 834. The summed E-state index contributed by atoms with van der Waals surface area (Å²) in [6.07, 6.45) is 1.58. The first-order valence-corrected chi connectivity index (χ1v) is 8.69. The number of nitrogens with two attached hydrogens (primary N) is 1. The van der Waals surface area contributed by atoms with Gasteiger partial charge in [-0.05, 0) is 48.7 Å². The fourth-order valence-electron chi connectivity index (χ4n) is 2.46. The average molecular weight is 319 g/mol. The molecule has 2 aromatic rings. The molecule has 108 valence electrons. The predicted octanol–water partition coefficient (Wildman–Crippen LogP) is 2.34. The Morgan fingerprint density at radius 2 is 2.10 bits per heavy atom. The van der Waals surface area contributed by atoms with Crippen LogP contribution in [0.1, 0.15) is 16.9 Å². The van der Waals surface area contributed by atoms with E-state index in [9.17, 15) is 8.42 Å². The van der Waals surface area contributed by atoms with E-state index in [2.05, 4.69) is 0 Å². The molecule has 1 aromatic heterocycles. The van der Waals surface area contributed by atoms with Crippen molar-refractivity contribution in [3.8, 4) is 6.07 Å². The minimum absolute atomic E-state index is 0.198. The van der Waals surface area contributed by atoms with E-state index in [1.807, 2.05) is 12.1 Å². The molecule has 1 aliphatic heterocycles. The minimum atomic E-state index is -3.62. The SMILES string of the molecule is N#Cc1ccc(S(=O)(=O)N2CCCc3cc(N)ccc32)s1. The summed E-state index contributed by atoms with van der Waals surface area (Å²) in [5.74, 6) is 0. The number of hydrogen-bond donors (Lipinski definition) is 1. The normalized spacial score (nSPS) is 14.5. The molecule has 0 radical (unpaired) electrons. The van der Waals surface area contributed by atoms with Crippen molar-refractivity contribution in [2.45, 2.75) is 17.1 Å². The highest BCUT2D eigenvalue weighted by Crippen LogP contribution is 2.34. The lowest BCUT2D eigenvalue weighted by Gasteiger charge is -2.30. The van der Waals surface area contributed by atoms with Gasteiger partial charge in [-0.3, -0.25) is 4.31 Å². The molecule has 0 bridgehead atoms. The first-order chi connectivity index (χ1) is 10.0. The Kier molecular flexibility index (Phi) is 3.35. The number of nitriles is 1. The second-order valence-corrected chi connectivity index (χ2v) is 7.97. The van der Waals surface area contributed by atoms with Crippen molar-refractivity contribution in [3.63, 3.8) is 0 Å². The van der Waals surface area contributed by atoms with Crippen molar-refractivity contribution in [3.05, 3.63) is 40.8 Å². The molecule has 0 amide bonds. The number of anilines is 2. The summed E-state index contributed by atoms with van der Waals surface area (Å²) < 4.78 is 27.1. The highest BCUT2D eigenvalue weighted by atomic mass is 32.2. The summed E-state index contributed by atoms with van der Waals surface area (Å²) in [5, 5.41) is 8.85. The molecule has 21 heavy (non-hydrogen) atoms. The van der Waals surface area contributed by atoms with Gasteiger partial charge < -0.3 is 5.73 Å². The van der Waals surface area contributed by atoms with Crippen molar-refractivity contribution in [1.29, 1.82) is 5.26 Å². The van der Waals surface area contributed by atoms with Crippen LogP contribution < -0.4 is 10.0 Å². The van der Waals surface area contributed by atoms with Gasteiger partial charge in [0, 0.05) is 12.2 Å². The number of benzene rings is 1. The number of rotatable bonds is 2. The van der Waals surface area contributed by atoms with Gasteiger partial charge in [0.15, 0.2) is 0 Å². The van der Waals surface area contributed by atoms with E-state index in [-0.39, 0.29) is 4.21 Å². The van der Waals surface area contributed by atoms with Crippen LogP contribution in [0.4, 0.5) is 11.4 Å². The number of hydrogen-bond acceptors (Lipinski definition) is 5. The summed E-state index contributed by atoms with van der Waals surface area (Å²) in [5.41, 5.74) is 8.03.